The van der Waals surface area contributed by atoms with Crippen LogP contribution in [0.3, 0.4) is 0 Å². The number of aliphatic hydroxyl groups is 1. The van der Waals surface area contributed by atoms with Crippen molar-refractivity contribution < 1.29 is 9.50 Å². The molecule has 0 heterocycles. The summed E-state index contributed by atoms with van der Waals surface area (Å²) < 4.78 is 13.1. The number of hydrogen-bond donors (Lipinski definition) is 2. The lowest BCUT2D eigenvalue weighted by Gasteiger charge is -2.20. The van der Waals surface area contributed by atoms with Gasteiger partial charge in [-0.3, -0.25) is 0 Å². The summed E-state index contributed by atoms with van der Waals surface area (Å²) >= 11 is 0. The van der Waals surface area contributed by atoms with Crippen molar-refractivity contribution in [3.63, 3.8) is 0 Å². The summed E-state index contributed by atoms with van der Waals surface area (Å²) in [7, 11) is 0. The Morgan fingerprint density at radius 3 is 2.40 bits per heavy atom. The van der Waals surface area contributed by atoms with Crippen LogP contribution in [-0.4, -0.2) is 11.7 Å². The van der Waals surface area contributed by atoms with E-state index in [0.29, 0.717) is 12.1 Å². The third-order valence-corrected chi connectivity index (χ3v) is 3.40. The van der Waals surface area contributed by atoms with E-state index in [1.54, 1.807) is 12.1 Å². The molecule has 2 aromatic rings. The van der Waals surface area contributed by atoms with Gasteiger partial charge in [-0.15, -0.1) is 0 Å². The van der Waals surface area contributed by atoms with E-state index in [4.69, 9.17) is 0 Å². The molecule has 0 radical (unpaired) electrons. The maximum atomic E-state index is 13.1. The van der Waals surface area contributed by atoms with Gasteiger partial charge in [-0.1, -0.05) is 49.4 Å². The molecule has 0 aliphatic rings. The van der Waals surface area contributed by atoms with Crippen molar-refractivity contribution in [2.24, 2.45) is 0 Å². The van der Waals surface area contributed by atoms with Gasteiger partial charge in [-0.25, -0.2) is 4.39 Å². The number of nitrogens with one attached hydrogen (secondary N) is 1. The van der Waals surface area contributed by atoms with E-state index in [9.17, 15) is 9.50 Å². The number of rotatable bonds is 6. The predicted octanol–water partition coefficient (Wildman–Crippen LogP) is 3.60. The minimum atomic E-state index is -0.705. The van der Waals surface area contributed by atoms with E-state index in [1.807, 2.05) is 18.2 Å². The largest absolute Gasteiger partial charge is 0.387 e. The van der Waals surface area contributed by atoms with Gasteiger partial charge in [0.25, 0.3) is 0 Å². The number of hydrogen-bond acceptors (Lipinski definition) is 2. The van der Waals surface area contributed by atoms with Crippen LogP contribution in [0.1, 0.15) is 36.6 Å². The van der Waals surface area contributed by atoms with Crippen molar-refractivity contribution in [3.8, 4) is 0 Å². The fourth-order valence-electron chi connectivity index (χ4n) is 2.27. The molecule has 2 nitrogen and oxygen atoms in total. The molecule has 0 bridgehead atoms. The summed E-state index contributed by atoms with van der Waals surface area (Å²) in [5.41, 5.74) is 1.79. The van der Waals surface area contributed by atoms with Gasteiger partial charge in [0, 0.05) is 12.6 Å². The summed E-state index contributed by atoms with van der Waals surface area (Å²) in [6, 6.07) is 16.4. The molecule has 0 aromatic heterocycles. The Morgan fingerprint density at radius 2 is 1.75 bits per heavy atom. The molecule has 0 fully saturated rings. The molecule has 0 aliphatic carbocycles. The highest BCUT2D eigenvalue weighted by Gasteiger charge is 2.12. The maximum absolute atomic E-state index is 13.1. The molecule has 0 saturated carbocycles. The third kappa shape index (κ3) is 3.89. The van der Waals surface area contributed by atoms with Gasteiger partial charge in [0.15, 0.2) is 0 Å². The molecule has 0 amide bonds. The fourth-order valence-corrected chi connectivity index (χ4v) is 2.27. The summed E-state index contributed by atoms with van der Waals surface area (Å²) in [6.07, 6.45) is 0.225. The molecular formula is C17H20FNO. The SMILES string of the molecule is CC[C@@H](NCC(O)c1cccc(F)c1)c1ccccc1. The summed E-state index contributed by atoms with van der Waals surface area (Å²) in [5, 5.41) is 13.4. The van der Waals surface area contributed by atoms with Gasteiger partial charge in [0.1, 0.15) is 5.82 Å². The average molecular weight is 273 g/mol. The molecule has 0 aliphatic heterocycles. The molecule has 2 N–H and O–H groups in total. The molecule has 2 rings (SSSR count). The topological polar surface area (TPSA) is 32.3 Å². The lowest BCUT2D eigenvalue weighted by Crippen LogP contribution is -2.26. The van der Waals surface area contributed by atoms with Gasteiger partial charge in [-0.05, 0) is 29.7 Å². The Kier molecular flexibility index (Phi) is 5.27. The lowest BCUT2D eigenvalue weighted by atomic mass is 10.0. The van der Waals surface area contributed by atoms with Gasteiger partial charge < -0.3 is 10.4 Å². The van der Waals surface area contributed by atoms with E-state index in [1.165, 1.54) is 17.7 Å². The predicted molar refractivity (Wildman–Crippen MR) is 78.8 cm³/mol. The van der Waals surface area contributed by atoms with Crippen molar-refractivity contribution >= 4 is 0 Å². The molecule has 0 spiro atoms. The molecular weight excluding hydrogens is 253 g/mol. The Hall–Kier alpha value is -1.71. The molecule has 2 aromatic carbocycles. The lowest BCUT2D eigenvalue weighted by molar-refractivity contribution is 0.169. The zero-order chi connectivity index (χ0) is 14.4. The van der Waals surface area contributed by atoms with Crippen LogP contribution in [0.25, 0.3) is 0 Å². The first-order valence-electron chi connectivity index (χ1n) is 6.92. The van der Waals surface area contributed by atoms with Gasteiger partial charge in [0.05, 0.1) is 6.10 Å². The minimum absolute atomic E-state index is 0.194. The summed E-state index contributed by atoms with van der Waals surface area (Å²) in [6.45, 7) is 2.50. The quantitative estimate of drug-likeness (QED) is 0.843. The van der Waals surface area contributed by atoms with Crippen LogP contribution < -0.4 is 5.32 Å². The summed E-state index contributed by atoms with van der Waals surface area (Å²) in [4.78, 5) is 0. The Balaban J connectivity index is 1.96. The maximum Gasteiger partial charge on any atom is 0.123 e. The van der Waals surface area contributed by atoms with Crippen molar-refractivity contribution in [2.45, 2.75) is 25.5 Å². The average Bonchev–Trinajstić information content (AvgIpc) is 2.49. The van der Waals surface area contributed by atoms with E-state index in [2.05, 4.69) is 24.4 Å². The van der Waals surface area contributed by atoms with E-state index >= 15 is 0 Å². The zero-order valence-electron chi connectivity index (χ0n) is 11.6. The Morgan fingerprint density at radius 1 is 1.05 bits per heavy atom. The van der Waals surface area contributed by atoms with Crippen LogP contribution in [0.5, 0.6) is 0 Å². The molecule has 1 unspecified atom stereocenters. The Bertz CT molecular complexity index is 530. The van der Waals surface area contributed by atoms with Crippen LogP contribution in [-0.2, 0) is 0 Å². The number of benzene rings is 2. The second-order valence-corrected chi connectivity index (χ2v) is 4.85. The first-order chi connectivity index (χ1) is 9.70. The smallest absolute Gasteiger partial charge is 0.123 e. The van der Waals surface area contributed by atoms with E-state index in [0.717, 1.165) is 6.42 Å². The van der Waals surface area contributed by atoms with Crippen LogP contribution in [0.15, 0.2) is 54.6 Å². The van der Waals surface area contributed by atoms with Crippen LogP contribution in [0, 0.1) is 5.82 Å². The number of halogens is 1. The highest BCUT2D eigenvalue weighted by atomic mass is 19.1. The molecule has 0 saturated heterocycles. The normalized spacial score (nSPS) is 13.9. The zero-order valence-corrected chi connectivity index (χ0v) is 11.6. The molecule has 3 heteroatoms. The van der Waals surface area contributed by atoms with E-state index < -0.39 is 6.10 Å². The second kappa shape index (κ2) is 7.17. The van der Waals surface area contributed by atoms with Crippen molar-refractivity contribution in [1.82, 2.24) is 5.32 Å². The van der Waals surface area contributed by atoms with E-state index in [-0.39, 0.29) is 11.9 Å². The first kappa shape index (κ1) is 14.7. The molecule has 106 valence electrons. The monoisotopic (exact) mass is 273 g/mol. The standard InChI is InChI=1S/C17H20FNO/c1-2-16(13-7-4-3-5-8-13)19-12-17(20)14-9-6-10-15(18)11-14/h3-11,16-17,19-20H,2,12H2,1H3/t16-,17?/m1/s1. The fraction of sp³-hybridized carbons (Fsp3) is 0.294. The van der Waals surface area contributed by atoms with Crippen LogP contribution in [0.2, 0.25) is 0 Å². The highest BCUT2D eigenvalue weighted by Crippen LogP contribution is 2.18. The van der Waals surface area contributed by atoms with Crippen molar-refractivity contribution in [1.29, 1.82) is 0 Å². The summed E-state index contributed by atoms with van der Waals surface area (Å²) in [5.74, 6) is -0.323. The van der Waals surface area contributed by atoms with Crippen molar-refractivity contribution in [3.05, 3.63) is 71.5 Å². The highest BCUT2D eigenvalue weighted by molar-refractivity contribution is 5.20. The minimum Gasteiger partial charge on any atom is -0.387 e. The van der Waals surface area contributed by atoms with Gasteiger partial charge >= 0.3 is 0 Å². The van der Waals surface area contributed by atoms with Crippen LogP contribution in [0.4, 0.5) is 4.39 Å². The van der Waals surface area contributed by atoms with Crippen LogP contribution >= 0.6 is 0 Å². The third-order valence-electron chi connectivity index (χ3n) is 3.40. The van der Waals surface area contributed by atoms with Gasteiger partial charge in [0.2, 0.25) is 0 Å². The van der Waals surface area contributed by atoms with Gasteiger partial charge in [-0.2, -0.15) is 0 Å². The van der Waals surface area contributed by atoms with Crippen molar-refractivity contribution in [2.75, 3.05) is 6.54 Å². The Labute approximate surface area is 119 Å². The molecule has 20 heavy (non-hydrogen) atoms. The molecule has 2 atom stereocenters. The first-order valence-corrected chi connectivity index (χ1v) is 6.92. The number of aliphatic hydroxyl groups excluding tert-OH is 1. The second-order valence-electron chi connectivity index (χ2n) is 4.85.